The van der Waals surface area contributed by atoms with E-state index < -0.39 is 17.5 Å². The summed E-state index contributed by atoms with van der Waals surface area (Å²) in [5, 5.41) is 8.47. The second-order valence-electron chi connectivity index (χ2n) is 2.50. The van der Waals surface area contributed by atoms with Gasteiger partial charge in [0.2, 0.25) is 0 Å². The molecule has 68 valence electrons. The molecule has 0 aliphatic rings. The normalized spacial score (nSPS) is 10.1. The molecule has 0 saturated carbocycles. The van der Waals surface area contributed by atoms with Crippen LogP contribution in [0.2, 0.25) is 0 Å². The first kappa shape index (κ1) is 9.39. The summed E-state index contributed by atoms with van der Waals surface area (Å²) < 4.78 is 24.2. The van der Waals surface area contributed by atoms with E-state index in [0.717, 1.165) is 6.07 Å². The number of nitriles is 1. The van der Waals surface area contributed by atoms with Gasteiger partial charge in [-0.3, -0.25) is 4.79 Å². The summed E-state index contributed by atoms with van der Waals surface area (Å²) in [6, 6.07) is 2.39. The van der Waals surface area contributed by atoms with Crippen LogP contribution >= 0.6 is 0 Å². The smallest absolute Gasteiger partial charge is 0.278 e. The van der Waals surface area contributed by atoms with Crippen molar-refractivity contribution in [1.82, 2.24) is 4.98 Å². The number of aromatic nitrogens is 1. The summed E-state index contributed by atoms with van der Waals surface area (Å²) in [6.07, 6.45) is -2.72. The molecule has 1 aromatic rings. The number of aryl methyl sites for hydroxylation is 1. The third-order valence-electron chi connectivity index (χ3n) is 1.59. The quantitative estimate of drug-likeness (QED) is 0.718. The maximum absolute atomic E-state index is 12.1. The minimum absolute atomic E-state index is 0.121. The van der Waals surface area contributed by atoms with Crippen LogP contribution in [0, 0.1) is 18.3 Å². The van der Waals surface area contributed by atoms with Gasteiger partial charge in [0.25, 0.3) is 6.43 Å². The molecule has 1 N–H and O–H groups in total. The van der Waals surface area contributed by atoms with Crippen LogP contribution in [0.3, 0.4) is 0 Å². The van der Waals surface area contributed by atoms with Gasteiger partial charge in [-0.15, -0.1) is 0 Å². The molecule has 0 aromatic carbocycles. The maximum atomic E-state index is 12.1. The lowest BCUT2D eigenvalue weighted by atomic mass is 10.2. The van der Waals surface area contributed by atoms with Gasteiger partial charge in [0.15, 0.2) is 5.43 Å². The van der Waals surface area contributed by atoms with E-state index in [-0.39, 0.29) is 11.3 Å². The lowest BCUT2D eigenvalue weighted by Gasteiger charge is -2.02. The van der Waals surface area contributed by atoms with Crippen LogP contribution in [-0.2, 0) is 0 Å². The average Bonchev–Trinajstić information content (AvgIpc) is 2.03. The van der Waals surface area contributed by atoms with Crippen molar-refractivity contribution < 1.29 is 8.78 Å². The zero-order valence-electron chi connectivity index (χ0n) is 6.77. The third kappa shape index (κ3) is 1.72. The van der Waals surface area contributed by atoms with E-state index in [4.69, 9.17) is 5.26 Å². The zero-order valence-corrected chi connectivity index (χ0v) is 6.77. The monoisotopic (exact) mass is 184 g/mol. The van der Waals surface area contributed by atoms with Gasteiger partial charge in [0.05, 0.1) is 5.69 Å². The van der Waals surface area contributed by atoms with E-state index in [2.05, 4.69) is 4.98 Å². The summed E-state index contributed by atoms with van der Waals surface area (Å²) in [7, 11) is 0. The SMILES string of the molecule is Cc1[nH]c(C(F)F)cc(=O)c1C#N. The highest BCUT2D eigenvalue weighted by Gasteiger charge is 2.11. The molecule has 1 rings (SSSR count). The van der Waals surface area contributed by atoms with Crippen LogP contribution in [0.1, 0.15) is 23.4 Å². The highest BCUT2D eigenvalue weighted by molar-refractivity contribution is 5.33. The largest absolute Gasteiger partial charge is 0.357 e. The van der Waals surface area contributed by atoms with Crippen molar-refractivity contribution in [1.29, 1.82) is 5.26 Å². The number of nitrogens with one attached hydrogen (secondary N) is 1. The lowest BCUT2D eigenvalue weighted by molar-refractivity contribution is 0.145. The standard InChI is InChI=1S/C8H6F2N2O/c1-4-5(3-11)7(13)2-6(12-4)8(9)10/h2,8H,1H3,(H,12,13). The second-order valence-corrected chi connectivity index (χ2v) is 2.50. The van der Waals surface area contributed by atoms with Crippen LogP contribution in [0.25, 0.3) is 0 Å². The molecule has 0 spiro atoms. The molecule has 0 aliphatic carbocycles. The van der Waals surface area contributed by atoms with Crippen LogP contribution in [0.5, 0.6) is 0 Å². The fourth-order valence-electron chi connectivity index (χ4n) is 0.970. The van der Waals surface area contributed by atoms with E-state index >= 15 is 0 Å². The molecule has 0 atom stereocenters. The Hall–Kier alpha value is -1.70. The minimum atomic E-state index is -2.72. The molecule has 0 radical (unpaired) electrons. The van der Waals surface area contributed by atoms with Gasteiger partial charge in [-0.1, -0.05) is 0 Å². The van der Waals surface area contributed by atoms with Crippen LogP contribution in [0.4, 0.5) is 8.78 Å². The maximum Gasteiger partial charge on any atom is 0.278 e. The Morgan fingerprint density at radius 3 is 2.62 bits per heavy atom. The molecule has 0 aliphatic heterocycles. The number of hydrogen-bond donors (Lipinski definition) is 1. The number of alkyl halides is 2. The Labute approximate surface area is 72.6 Å². The minimum Gasteiger partial charge on any atom is -0.357 e. The Kier molecular flexibility index (Phi) is 2.42. The highest BCUT2D eigenvalue weighted by Crippen LogP contribution is 2.15. The van der Waals surface area contributed by atoms with Crippen LogP contribution in [0.15, 0.2) is 10.9 Å². The van der Waals surface area contributed by atoms with E-state index in [9.17, 15) is 13.6 Å². The summed E-state index contributed by atoms with van der Waals surface area (Å²) in [4.78, 5) is 13.3. The second kappa shape index (κ2) is 3.35. The predicted octanol–water partition coefficient (Wildman–Crippen LogP) is 1.49. The van der Waals surface area contributed by atoms with Crippen molar-refractivity contribution in [2.75, 3.05) is 0 Å². The summed E-state index contributed by atoms with van der Waals surface area (Å²) in [5.74, 6) is 0. The number of pyridine rings is 1. The van der Waals surface area contributed by atoms with Gasteiger partial charge < -0.3 is 4.98 Å². The number of nitrogens with zero attached hydrogens (tertiary/aromatic N) is 1. The molecule has 0 amide bonds. The Morgan fingerprint density at radius 1 is 1.62 bits per heavy atom. The molecule has 13 heavy (non-hydrogen) atoms. The molecule has 1 heterocycles. The lowest BCUT2D eigenvalue weighted by Crippen LogP contribution is -2.11. The number of H-pyrrole nitrogens is 1. The van der Waals surface area contributed by atoms with E-state index in [1.165, 1.54) is 6.92 Å². The number of rotatable bonds is 1. The first-order valence-electron chi connectivity index (χ1n) is 3.48. The van der Waals surface area contributed by atoms with Gasteiger partial charge in [-0.05, 0) is 6.92 Å². The molecule has 5 heteroatoms. The zero-order chi connectivity index (χ0) is 10.0. The van der Waals surface area contributed by atoms with Crippen molar-refractivity contribution in [2.45, 2.75) is 13.3 Å². The fourth-order valence-corrected chi connectivity index (χ4v) is 0.970. The molecular formula is C8H6F2N2O. The van der Waals surface area contributed by atoms with Crippen molar-refractivity contribution >= 4 is 0 Å². The van der Waals surface area contributed by atoms with Crippen LogP contribution in [-0.4, -0.2) is 4.98 Å². The van der Waals surface area contributed by atoms with E-state index in [1.54, 1.807) is 6.07 Å². The Balaban J connectivity index is 3.40. The van der Waals surface area contributed by atoms with E-state index in [1.807, 2.05) is 0 Å². The topological polar surface area (TPSA) is 56.6 Å². The number of halogens is 2. The van der Waals surface area contributed by atoms with Gasteiger partial charge in [-0.25, -0.2) is 8.78 Å². The summed E-state index contributed by atoms with van der Waals surface area (Å²) in [5.41, 5.74) is -1.08. The average molecular weight is 184 g/mol. The van der Waals surface area contributed by atoms with Crippen molar-refractivity contribution in [3.63, 3.8) is 0 Å². The highest BCUT2D eigenvalue weighted by atomic mass is 19.3. The third-order valence-corrected chi connectivity index (χ3v) is 1.59. The van der Waals surface area contributed by atoms with Gasteiger partial charge in [0, 0.05) is 11.8 Å². The van der Waals surface area contributed by atoms with Gasteiger partial charge in [0.1, 0.15) is 11.6 Å². The van der Waals surface area contributed by atoms with Gasteiger partial charge in [-0.2, -0.15) is 5.26 Å². The first-order chi connectivity index (χ1) is 6.06. The number of hydrogen-bond acceptors (Lipinski definition) is 2. The fraction of sp³-hybridized carbons (Fsp3) is 0.250. The first-order valence-corrected chi connectivity index (χ1v) is 3.48. The summed E-state index contributed by atoms with van der Waals surface area (Å²) in [6.45, 7) is 1.41. The molecule has 0 saturated heterocycles. The van der Waals surface area contributed by atoms with Crippen molar-refractivity contribution in [3.8, 4) is 6.07 Å². The predicted molar refractivity (Wildman–Crippen MR) is 41.5 cm³/mol. The number of aromatic amines is 1. The molecular weight excluding hydrogens is 178 g/mol. The Morgan fingerprint density at radius 2 is 2.23 bits per heavy atom. The van der Waals surface area contributed by atoms with Gasteiger partial charge >= 0.3 is 0 Å². The van der Waals surface area contributed by atoms with E-state index in [0.29, 0.717) is 0 Å². The molecule has 1 aromatic heterocycles. The molecule has 3 nitrogen and oxygen atoms in total. The van der Waals surface area contributed by atoms with Crippen LogP contribution < -0.4 is 5.43 Å². The molecule has 0 unspecified atom stereocenters. The molecule has 0 bridgehead atoms. The van der Waals surface area contributed by atoms with Crippen molar-refractivity contribution in [3.05, 3.63) is 33.2 Å². The Bertz CT molecular complexity index is 417. The summed E-state index contributed by atoms with van der Waals surface area (Å²) >= 11 is 0. The van der Waals surface area contributed by atoms with Crippen molar-refractivity contribution in [2.24, 2.45) is 0 Å². The molecule has 0 fully saturated rings.